The van der Waals surface area contributed by atoms with Gasteiger partial charge in [0.05, 0.1) is 55.7 Å². The molecule has 1 aliphatic heterocycles. The molecule has 5 N–H and O–H groups in total. The van der Waals surface area contributed by atoms with E-state index in [-0.39, 0.29) is 18.8 Å². The van der Waals surface area contributed by atoms with Gasteiger partial charge in [-0.3, -0.25) is 0 Å². The highest BCUT2D eigenvalue weighted by Crippen LogP contribution is 2.41. The number of esters is 2. The van der Waals surface area contributed by atoms with E-state index in [0.29, 0.717) is 40.7 Å². The number of hydrogen-bond acceptors (Lipinski definition) is 12. The molecule has 0 fully saturated rings. The number of halogens is 1. The summed E-state index contributed by atoms with van der Waals surface area (Å²) in [6, 6.07) is 5.58. The van der Waals surface area contributed by atoms with E-state index in [0.717, 1.165) is 0 Å². The molecule has 0 saturated carbocycles. The molecule has 1 heterocycles. The van der Waals surface area contributed by atoms with Crippen molar-refractivity contribution in [3.05, 3.63) is 57.4 Å². The molecule has 1 aromatic rings. The minimum Gasteiger partial charge on any atom is -0.550 e. The molecule has 0 spiro atoms. The highest BCUT2D eigenvalue weighted by Gasteiger charge is 2.39. The average molecular weight is 540 g/mol. The van der Waals surface area contributed by atoms with Crippen molar-refractivity contribution in [3.8, 4) is 0 Å². The maximum atomic E-state index is 12.9. The van der Waals surface area contributed by atoms with Gasteiger partial charge in [-0.25, -0.2) is 9.59 Å². The van der Waals surface area contributed by atoms with Gasteiger partial charge in [-0.1, -0.05) is 29.8 Å². The number of dihydropyridines is 1. The van der Waals surface area contributed by atoms with Gasteiger partial charge < -0.3 is 50.8 Å². The molecular weight excluding hydrogens is 510 g/mol. The molecule has 13 heteroatoms. The van der Waals surface area contributed by atoms with E-state index in [2.05, 4.69) is 5.32 Å². The molecular formula is C24H30ClN3O9-2. The lowest BCUT2D eigenvalue weighted by atomic mass is 9.80. The second-order valence-corrected chi connectivity index (χ2v) is 7.97. The summed E-state index contributed by atoms with van der Waals surface area (Å²) < 4.78 is 15.8. The van der Waals surface area contributed by atoms with Crippen LogP contribution >= 0.6 is 11.6 Å². The van der Waals surface area contributed by atoms with Crippen LogP contribution in [0.5, 0.6) is 0 Å². The van der Waals surface area contributed by atoms with Crippen molar-refractivity contribution in [2.24, 2.45) is 11.5 Å². The number of ether oxygens (including phenoxy) is 3. The van der Waals surface area contributed by atoms with Crippen molar-refractivity contribution in [3.63, 3.8) is 0 Å². The van der Waals surface area contributed by atoms with E-state index in [1.54, 1.807) is 38.1 Å². The summed E-state index contributed by atoms with van der Waals surface area (Å²) in [6.07, 6.45) is -0.706. The number of allylic oxidation sites excluding steroid dienone is 1. The minimum absolute atomic E-state index is 0.109. The molecule has 0 aromatic heterocycles. The lowest BCUT2D eigenvalue weighted by Crippen LogP contribution is -2.45. The van der Waals surface area contributed by atoms with Crippen LogP contribution in [0.3, 0.4) is 0 Å². The van der Waals surface area contributed by atoms with Gasteiger partial charge in [-0.15, -0.1) is 0 Å². The number of nitrogens with two attached hydrogens (primary N) is 2. The predicted molar refractivity (Wildman–Crippen MR) is 128 cm³/mol. The smallest absolute Gasteiger partial charge is 0.336 e. The van der Waals surface area contributed by atoms with Crippen LogP contribution in [0.4, 0.5) is 0 Å². The van der Waals surface area contributed by atoms with Gasteiger partial charge in [0.15, 0.2) is 0 Å². The number of nitrogens with one attached hydrogen (secondary N) is 1. The second kappa shape index (κ2) is 15.6. The number of methoxy groups -OCH3 is 1. The zero-order valence-corrected chi connectivity index (χ0v) is 21.5. The third kappa shape index (κ3) is 9.17. The number of carbonyl (C=O) groups is 4. The third-order valence-electron chi connectivity index (χ3n) is 4.96. The number of hydrogen-bond donors (Lipinski definition) is 3. The van der Waals surface area contributed by atoms with Crippen molar-refractivity contribution in [1.82, 2.24) is 5.32 Å². The first kappa shape index (κ1) is 31.6. The Kier molecular flexibility index (Phi) is 13.3. The van der Waals surface area contributed by atoms with Crippen LogP contribution in [0, 0.1) is 0 Å². The Morgan fingerprint density at radius 3 is 2.27 bits per heavy atom. The number of carbonyl (C=O) groups excluding carboxylic acids is 4. The Bertz CT molecular complexity index is 1060. The van der Waals surface area contributed by atoms with Crippen LogP contribution in [0.2, 0.25) is 5.02 Å². The number of carboxylic acid groups (broad SMARTS) is 2. The third-order valence-corrected chi connectivity index (χ3v) is 5.30. The van der Waals surface area contributed by atoms with Gasteiger partial charge in [0.2, 0.25) is 0 Å². The molecule has 1 aliphatic rings. The highest BCUT2D eigenvalue weighted by molar-refractivity contribution is 6.31. The van der Waals surface area contributed by atoms with Gasteiger partial charge in [0, 0.05) is 35.7 Å². The predicted octanol–water partition coefficient (Wildman–Crippen LogP) is -1.53. The summed E-state index contributed by atoms with van der Waals surface area (Å²) >= 11 is 6.42. The quantitative estimate of drug-likeness (QED) is 0.216. The SMILES string of the molecule is CCOC(=O)C1=C(COCCN)NC(C)=C(C(=O)OC)C1c1ccccc1Cl.N[C@@H](CC(=O)[O-])C(=O)[O-]. The van der Waals surface area contributed by atoms with Gasteiger partial charge in [-0.05, 0) is 25.5 Å². The topological polar surface area (TPSA) is 206 Å². The average Bonchev–Trinajstić information content (AvgIpc) is 2.83. The molecule has 0 amide bonds. The minimum atomic E-state index is -1.58. The summed E-state index contributed by atoms with van der Waals surface area (Å²) in [4.78, 5) is 44.8. The van der Waals surface area contributed by atoms with E-state index in [9.17, 15) is 29.4 Å². The van der Waals surface area contributed by atoms with E-state index < -0.39 is 42.3 Å². The zero-order valence-electron chi connectivity index (χ0n) is 20.7. The maximum Gasteiger partial charge on any atom is 0.336 e. The van der Waals surface area contributed by atoms with E-state index >= 15 is 0 Å². The van der Waals surface area contributed by atoms with Crippen molar-refractivity contribution >= 4 is 35.5 Å². The van der Waals surface area contributed by atoms with Crippen molar-refractivity contribution in [2.45, 2.75) is 32.2 Å². The number of aliphatic carboxylic acids is 2. The van der Waals surface area contributed by atoms with E-state index in [1.165, 1.54) is 7.11 Å². The summed E-state index contributed by atoms with van der Waals surface area (Å²) in [5, 5.41) is 22.9. The highest BCUT2D eigenvalue weighted by atomic mass is 35.5. The van der Waals surface area contributed by atoms with Crippen LogP contribution in [-0.2, 0) is 33.4 Å². The molecule has 0 radical (unpaired) electrons. The molecule has 1 aromatic carbocycles. The van der Waals surface area contributed by atoms with Crippen LogP contribution in [0.15, 0.2) is 46.8 Å². The Labute approximate surface area is 219 Å². The molecule has 1 unspecified atom stereocenters. The maximum absolute atomic E-state index is 12.9. The Hall–Kier alpha value is -3.45. The lowest BCUT2D eigenvalue weighted by molar-refractivity contribution is -0.316. The van der Waals surface area contributed by atoms with Gasteiger partial charge in [-0.2, -0.15) is 0 Å². The largest absolute Gasteiger partial charge is 0.550 e. The Morgan fingerprint density at radius 1 is 1.14 bits per heavy atom. The summed E-state index contributed by atoms with van der Waals surface area (Å²) in [5.74, 6) is -4.94. The lowest BCUT2D eigenvalue weighted by Gasteiger charge is -2.31. The van der Waals surface area contributed by atoms with Gasteiger partial charge in [0.1, 0.15) is 0 Å². The fourth-order valence-corrected chi connectivity index (χ4v) is 3.63. The second-order valence-electron chi connectivity index (χ2n) is 7.57. The molecule has 0 aliphatic carbocycles. The van der Waals surface area contributed by atoms with Crippen molar-refractivity contribution < 1.29 is 43.6 Å². The molecule has 12 nitrogen and oxygen atoms in total. The summed E-state index contributed by atoms with van der Waals surface area (Å²) in [5.41, 5.74) is 12.4. The molecule has 204 valence electrons. The molecule has 2 atom stereocenters. The summed E-state index contributed by atoms with van der Waals surface area (Å²) in [7, 11) is 1.29. The van der Waals surface area contributed by atoms with E-state index in [1.807, 2.05) is 0 Å². The van der Waals surface area contributed by atoms with Crippen LogP contribution in [0.1, 0.15) is 31.7 Å². The standard InChI is InChI=1S/C20H25ClN2O5.C4H7NO4/c1-4-28-20(25)18-15(11-27-10-9-22)23-12(2)16(19(24)26-3)17(18)13-7-5-6-8-14(13)21;5-2(4(8)9)1-3(6)7/h5-8,17,23H,4,9-11,22H2,1-3H3;2H,1,5H2,(H,6,7)(H,8,9)/p-2/t;2-/m.0/s1. The first-order valence-electron chi connectivity index (χ1n) is 11.1. The van der Waals surface area contributed by atoms with Crippen LogP contribution in [-0.4, -0.2) is 63.4 Å². The van der Waals surface area contributed by atoms with Crippen molar-refractivity contribution in [1.29, 1.82) is 0 Å². The number of benzene rings is 1. The van der Waals surface area contributed by atoms with Crippen LogP contribution < -0.4 is 27.0 Å². The van der Waals surface area contributed by atoms with Crippen molar-refractivity contribution in [2.75, 3.05) is 33.5 Å². The fraction of sp³-hybridized carbons (Fsp3) is 0.417. The van der Waals surface area contributed by atoms with E-state index in [4.69, 9.17) is 37.3 Å². The van der Waals surface area contributed by atoms with Crippen LogP contribution in [0.25, 0.3) is 0 Å². The first-order valence-corrected chi connectivity index (χ1v) is 11.5. The normalized spacial score (nSPS) is 15.7. The Balaban J connectivity index is 0.000000649. The van der Waals surface area contributed by atoms with Gasteiger partial charge in [0.25, 0.3) is 0 Å². The number of rotatable bonds is 11. The zero-order chi connectivity index (χ0) is 28.1. The molecule has 2 rings (SSSR count). The molecule has 0 saturated heterocycles. The van der Waals surface area contributed by atoms with Gasteiger partial charge >= 0.3 is 11.9 Å². The Morgan fingerprint density at radius 2 is 1.78 bits per heavy atom. The monoisotopic (exact) mass is 539 g/mol. The first-order chi connectivity index (χ1) is 17.5. The molecule has 0 bridgehead atoms. The molecule has 37 heavy (non-hydrogen) atoms. The summed E-state index contributed by atoms with van der Waals surface area (Å²) in [6.45, 7) is 4.42. The number of carboxylic acids is 2. The fourth-order valence-electron chi connectivity index (χ4n) is 3.38.